The minimum absolute atomic E-state index is 0.00901. The molecule has 2 aliphatic rings. The van der Waals surface area contributed by atoms with Gasteiger partial charge in [0.1, 0.15) is 24.7 Å². The number of anilines is 2. The quantitative estimate of drug-likeness (QED) is 0.661. The highest BCUT2D eigenvalue weighted by atomic mass is 16.5. The molecule has 2 atom stereocenters. The van der Waals surface area contributed by atoms with Crippen LogP contribution in [-0.4, -0.2) is 32.1 Å². The molecule has 0 saturated carbocycles. The van der Waals surface area contributed by atoms with E-state index in [1.54, 1.807) is 11.9 Å². The van der Waals surface area contributed by atoms with Crippen LogP contribution in [0, 0.1) is 11.8 Å². The minimum Gasteiger partial charge on any atom is -0.492 e. The molecule has 2 aliphatic heterocycles. The zero-order chi connectivity index (χ0) is 22.8. The number of ether oxygens (including phenoxy) is 2. The van der Waals surface area contributed by atoms with Crippen LogP contribution in [0.1, 0.15) is 11.1 Å². The van der Waals surface area contributed by atoms with Gasteiger partial charge in [0.15, 0.2) is 0 Å². The highest BCUT2D eigenvalue weighted by Crippen LogP contribution is 2.30. The predicted molar refractivity (Wildman–Crippen MR) is 127 cm³/mol. The van der Waals surface area contributed by atoms with Crippen LogP contribution in [-0.2, 0) is 22.4 Å². The Morgan fingerprint density at radius 3 is 2.12 bits per heavy atom. The van der Waals surface area contributed by atoms with Gasteiger partial charge < -0.3 is 19.7 Å². The van der Waals surface area contributed by atoms with Gasteiger partial charge in [-0.1, -0.05) is 42.5 Å². The molecular formula is C27H26N2O4. The maximum Gasteiger partial charge on any atom is 0.233 e. The lowest BCUT2D eigenvalue weighted by molar-refractivity contribution is -0.123. The third-order valence-electron chi connectivity index (χ3n) is 6.31. The molecule has 0 saturated heterocycles. The summed E-state index contributed by atoms with van der Waals surface area (Å²) in [6.45, 7) is 0.712. The van der Waals surface area contributed by atoms with Crippen molar-refractivity contribution in [2.45, 2.75) is 12.8 Å². The van der Waals surface area contributed by atoms with E-state index in [0.29, 0.717) is 31.7 Å². The summed E-state index contributed by atoms with van der Waals surface area (Å²) in [6.07, 6.45) is 1.29. The van der Waals surface area contributed by atoms with Crippen molar-refractivity contribution in [3.8, 4) is 11.5 Å². The number of carbonyl (C=O) groups excluding carboxylic acids is 2. The van der Waals surface area contributed by atoms with Crippen LogP contribution in [0.5, 0.6) is 11.5 Å². The fourth-order valence-corrected chi connectivity index (χ4v) is 4.42. The lowest BCUT2D eigenvalue weighted by Crippen LogP contribution is -2.38. The molecule has 168 valence electrons. The topological polar surface area (TPSA) is 67.9 Å². The van der Waals surface area contributed by atoms with Crippen LogP contribution >= 0.6 is 0 Å². The Balaban J connectivity index is 1.24. The summed E-state index contributed by atoms with van der Waals surface area (Å²) in [4.78, 5) is 27.7. The third kappa shape index (κ3) is 4.42. The van der Waals surface area contributed by atoms with Crippen LogP contribution in [0.3, 0.4) is 0 Å². The lowest BCUT2D eigenvalue weighted by atomic mass is 9.95. The molecule has 3 aromatic rings. The molecule has 1 N–H and O–H groups in total. The van der Waals surface area contributed by atoms with Crippen molar-refractivity contribution in [3.05, 3.63) is 83.9 Å². The van der Waals surface area contributed by atoms with E-state index in [1.807, 2.05) is 72.8 Å². The summed E-state index contributed by atoms with van der Waals surface area (Å²) in [5.41, 5.74) is 3.47. The number of para-hydroxylation sites is 2. The molecule has 0 bridgehead atoms. The largest absolute Gasteiger partial charge is 0.492 e. The summed E-state index contributed by atoms with van der Waals surface area (Å²) < 4.78 is 11.6. The molecule has 6 heteroatoms. The molecule has 6 nitrogen and oxygen atoms in total. The van der Waals surface area contributed by atoms with Crippen LogP contribution in [0.15, 0.2) is 72.8 Å². The van der Waals surface area contributed by atoms with Gasteiger partial charge in [-0.3, -0.25) is 9.59 Å². The average molecular weight is 443 g/mol. The Morgan fingerprint density at radius 2 is 1.42 bits per heavy atom. The SMILES string of the molecule is CN(C(=O)C1COc2ccccc2C1)c1cccc(NC(=O)C2COc3ccccc3C2)c1. The number of benzene rings is 3. The Hall–Kier alpha value is -3.80. The third-order valence-corrected chi connectivity index (χ3v) is 6.31. The van der Waals surface area contributed by atoms with Gasteiger partial charge in [-0.15, -0.1) is 0 Å². The first-order chi connectivity index (χ1) is 16.1. The van der Waals surface area contributed by atoms with Crippen LogP contribution in [0.2, 0.25) is 0 Å². The van der Waals surface area contributed by atoms with Gasteiger partial charge in [-0.2, -0.15) is 0 Å². The number of hydrogen-bond donors (Lipinski definition) is 1. The number of carbonyl (C=O) groups is 2. The standard InChI is InChI=1S/C27H26N2O4/c1-29(27(31)21-14-19-8-3-5-12-25(19)33-17-21)23-10-6-9-22(15-23)28-26(30)20-13-18-7-2-4-11-24(18)32-16-20/h2-12,15,20-21H,13-14,16-17H2,1H3,(H,28,30). The maximum atomic E-state index is 13.1. The van der Waals surface area contributed by atoms with E-state index in [1.165, 1.54) is 0 Å². The van der Waals surface area contributed by atoms with E-state index in [2.05, 4.69) is 5.32 Å². The van der Waals surface area contributed by atoms with Gasteiger partial charge in [0.2, 0.25) is 11.8 Å². The number of nitrogens with one attached hydrogen (secondary N) is 1. The van der Waals surface area contributed by atoms with Gasteiger partial charge in [-0.25, -0.2) is 0 Å². The minimum atomic E-state index is -0.262. The second kappa shape index (κ2) is 8.98. The second-order valence-electron chi connectivity index (χ2n) is 8.58. The van der Waals surface area contributed by atoms with Crippen molar-refractivity contribution in [3.63, 3.8) is 0 Å². The van der Waals surface area contributed by atoms with Crippen molar-refractivity contribution in [2.24, 2.45) is 11.8 Å². The van der Waals surface area contributed by atoms with Crippen molar-refractivity contribution in [1.29, 1.82) is 0 Å². The molecule has 2 unspecified atom stereocenters. The van der Waals surface area contributed by atoms with E-state index in [0.717, 1.165) is 28.3 Å². The van der Waals surface area contributed by atoms with E-state index >= 15 is 0 Å². The van der Waals surface area contributed by atoms with Gasteiger partial charge in [-0.05, 0) is 54.3 Å². The summed E-state index contributed by atoms with van der Waals surface area (Å²) in [5.74, 6) is 1.09. The van der Waals surface area contributed by atoms with Gasteiger partial charge in [0.05, 0.1) is 11.8 Å². The monoisotopic (exact) mass is 442 g/mol. The Bertz CT molecular complexity index is 1190. The summed E-state index contributed by atoms with van der Waals surface area (Å²) in [5, 5.41) is 2.99. The normalized spacial score (nSPS) is 18.7. The van der Waals surface area contributed by atoms with E-state index in [-0.39, 0.29) is 23.7 Å². The molecule has 2 amide bonds. The summed E-state index contributed by atoms with van der Waals surface area (Å²) in [6, 6.07) is 23.0. The van der Waals surface area contributed by atoms with Gasteiger partial charge >= 0.3 is 0 Å². The van der Waals surface area contributed by atoms with Crippen LogP contribution < -0.4 is 19.7 Å². The highest BCUT2D eigenvalue weighted by molar-refractivity contribution is 5.97. The van der Waals surface area contributed by atoms with Gasteiger partial charge in [0, 0.05) is 18.4 Å². The molecule has 0 radical (unpaired) electrons. The summed E-state index contributed by atoms with van der Waals surface area (Å²) in [7, 11) is 1.76. The average Bonchev–Trinajstić information content (AvgIpc) is 2.87. The van der Waals surface area contributed by atoms with Crippen molar-refractivity contribution in [1.82, 2.24) is 0 Å². The number of nitrogens with zero attached hydrogens (tertiary/aromatic N) is 1. The number of hydrogen-bond acceptors (Lipinski definition) is 4. The number of fused-ring (bicyclic) bond motifs is 2. The molecule has 0 spiro atoms. The number of amides is 2. The first-order valence-electron chi connectivity index (χ1n) is 11.2. The maximum absolute atomic E-state index is 13.1. The lowest BCUT2D eigenvalue weighted by Gasteiger charge is -2.28. The molecule has 33 heavy (non-hydrogen) atoms. The summed E-state index contributed by atoms with van der Waals surface area (Å²) >= 11 is 0. The molecule has 0 aromatic heterocycles. The fraction of sp³-hybridized carbons (Fsp3) is 0.259. The Labute approximate surface area is 193 Å². The number of rotatable bonds is 4. The molecular weight excluding hydrogens is 416 g/mol. The molecule has 2 heterocycles. The van der Waals surface area contributed by atoms with Crippen molar-refractivity contribution in [2.75, 3.05) is 30.5 Å². The fourth-order valence-electron chi connectivity index (χ4n) is 4.42. The van der Waals surface area contributed by atoms with E-state index in [4.69, 9.17) is 9.47 Å². The Morgan fingerprint density at radius 1 is 0.818 bits per heavy atom. The van der Waals surface area contributed by atoms with Crippen LogP contribution in [0.4, 0.5) is 11.4 Å². The Kier molecular flexibility index (Phi) is 5.73. The van der Waals surface area contributed by atoms with Crippen molar-refractivity contribution < 1.29 is 19.1 Å². The first kappa shape index (κ1) is 21.1. The zero-order valence-electron chi connectivity index (χ0n) is 18.5. The molecule has 5 rings (SSSR count). The van der Waals surface area contributed by atoms with Gasteiger partial charge in [0.25, 0.3) is 0 Å². The van der Waals surface area contributed by atoms with Crippen molar-refractivity contribution >= 4 is 23.2 Å². The smallest absolute Gasteiger partial charge is 0.233 e. The molecule has 0 fully saturated rings. The predicted octanol–water partition coefficient (Wildman–Crippen LogP) is 4.09. The zero-order valence-corrected chi connectivity index (χ0v) is 18.5. The second-order valence-corrected chi connectivity index (χ2v) is 8.58. The van der Waals surface area contributed by atoms with E-state index in [9.17, 15) is 9.59 Å². The highest BCUT2D eigenvalue weighted by Gasteiger charge is 2.29. The van der Waals surface area contributed by atoms with Crippen LogP contribution in [0.25, 0.3) is 0 Å². The molecule has 3 aromatic carbocycles. The molecule has 0 aliphatic carbocycles. The van der Waals surface area contributed by atoms with E-state index < -0.39 is 0 Å². The first-order valence-corrected chi connectivity index (χ1v) is 11.2.